The predicted octanol–water partition coefficient (Wildman–Crippen LogP) is 8.14. The minimum absolute atomic E-state index is 0. The molecule has 1 atom stereocenters. The maximum atomic E-state index is 13.2. The summed E-state index contributed by atoms with van der Waals surface area (Å²) in [4.78, 5) is 38.9. The fourth-order valence-electron chi connectivity index (χ4n) is 6.31. The molecule has 0 saturated carbocycles. The normalized spacial score (nSPS) is 11.8. The van der Waals surface area contributed by atoms with Crippen LogP contribution in [0.5, 0.6) is 5.75 Å². The summed E-state index contributed by atoms with van der Waals surface area (Å²) in [6, 6.07) is 5.97. The summed E-state index contributed by atoms with van der Waals surface area (Å²) in [6.07, 6.45) is 29.9. The number of ether oxygens (including phenoxy) is 3. The highest BCUT2D eigenvalue weighted by molar-refractivity contribution is 5.97. The quantitative estimate of drug-likeness (QED) is 0.0418. The fourth-order valence-corrected chi connectivity index (χ4v) is 6.31. The number of hydrogen-bond acceptors (Lipinski definition) is 6. The van der Waals surface area contributed by atoms with E-state index in [0.717, 1.165) is 49.6 Å². The number of benzene rings is 1. The Morgan fingerprint density at radius 1 is 0.574 bits per heavy atom. The van der Waals surface area contributed by atoms with Crippen molar-refractivity contribution in [3.63, 3.8) is 0 Å². The lowest BCUT2D eigenvalue weighted by atomic mass is 10.1. The molecule has 54 heavy (non-hydrogen) atoms. The third-order valence-corrected chi connectivity index (χ3v) is 9.88. The van der Waals surface area contributed by atoms with Gasteiger partial charge < -0.3 is 41.0 Å². The Morgan fingerprint density at radius 3 is 1.41 bits per heavy atom. The number of quaternary nitrogens is 1. The maximum absolute atomic E-state index is 13.2. The van der Waals surface area contributed by atoms with Crippen LogP contribution in [0.4, 0.5) is 0 Å². The zero-order valence-electron chi connectivity index (χ0n) is 35.4. The molecule has 1 N–H and O–H groups in total. The van der Waals surface area contributed by atoms with Gasteiger partial charge in [-0.2, -0.15) is 0 Å². The van der Waals surface area contributed by atoms with Crippen molar-refractivity contribution in [3.8, 4) is 5.75 Å². The van der Waals surface area contributed by atoms with Crippen molar-refractivity contribution >= 4 is 17.8 Å². The second kappa shape index (κ2) is 35.3. The standard InChI is InChI=1S/C45H80N2O6.BrH/c1-6-8-10-12-14-16-18-20-22-24-26-28-37-52-43(48)35-34-42(45(50)53-38-29-27-25-23-21-19-17-15-13-11-9-7-2)46-44(49)40-30-32-41(33-31-40)51-39-36-47(3,4)5;/h30-33,42H,6-29,34-39H2,1-5H3;1H. The molecule has 0 aromatic heterocycles. The van der Waals surface area contributed by atoms with E-state index in [1.807, 2.05) is 0 Å². The Balaban J connectivity index is 0.0000281. The van der Waals surface area contributed by atoms with Crippen molar-refractivity contribution in [2.45, 2.75) is 187 Å². The number of carbonyl (C=O) groups is 3. The van der Waals surface area contributed by atoms with E-state index in [0.29, 0.717) is 31.1 Å². The molecule has 0 bridgehead atoms. The van der Waals surface area contributed by atoms with E-state index in [4.69, 9.17) is 14.2 Å². The van der Waals surface area contributed by atoms with Crippen molar-refractivity contribution in [2.75, 3.05) is 47.5 Å². The number of nitrogens with zero attached hydrogens (tertiary/aromatic N) is 1. The lowest BCUT2D eigenvalue weighted by Gasteiger charge is -2.23. The van der Waals surface area contributed by atoms with Gasteiger partial charge in [-0.1, -0.05) is 155 Å². The van der Waals surface area contributed by atoms with Gasteiger partial charge in [-0.05, 0) is 43.5 Å². The Bertz CT molecular complexity index is 1050. The zero-order valence-corrected chi connectivity index (χ0v) is 37.0. The van der Waals surface area contributed by atoms with E-state index >= 15 is 0 Å². The largest absolute Gasteiger partial charge is 1.00 e. The van der Waals surface area contributed by atoms with E-state index in [-0.39, 0.29) is 41.7 Å². The number of unbranched alkanes of at least 4 members (excludes halogenated alkanes) is 22. The van der Waals surface area contributed by atoms with Crippen LogP contribution >= 0.6 is 0 Å². The number of amides is 1. The van der Waals surface area contributed by atoms with E-state index in [1.54, 1.807) is 24.3 Å². The van der Waals surface area contributed by atoms with Crippen molar-refractivity contribution < 1.29 is 50.1 Å². The smallest absolute Gasteiger partial charge is 0.328 e. The maximum Gasteiger partial charge on any atom is 0.328 e. The molecule has 9 heteroatoms. The highest BCUT2D eigenvalue weighted by Crippen LogP contribution is 2.16. The summed E-state index contributed by atoms with van der Waals surface area (Å²) in [5, 5.41) is 2.82. The third-order valence-electron chi connectivity index (χ3n) is 9.88. The van der Waals surface area contributed by atoms with Gasteiger partial charge in [-0.25, -0.2) is 4.79 Å². The molecular weight excluding hydrogens is 744 g/mol. The summed E-state index contributed by atoms with van der Waals surface area (Å²) in [7, 11) is 6.32. The van der Waals surface area contributed by atoms with Gasteiger partial charge in [0.1, 0.15) is 24.9 Å². The molecule has 1 aromatic rings. The molecule has 0 aliphatic carbocycles. The summed E-state index contributed by atoms with van der Waals surface area (Å²) in [6.45, 7) is 6.63. The lowest BCUT2D eigenvalue weighted by molar-refractivity contribution is -0.870. The zero-order chi connectivity index (χ0) is 38.8. The van der Waals surface area contributed by atoms with Gasteiger partial charge in [0.2, 0.25) is 0 Å². The summed E-state index contributed by atoms with van der Waals surface area (Å²) in [5.41, 5.74) is 0.414. The second-order valence-electron chi connectivity index (χ2n) is 16.1. The molecule has 1 aromatic carbocycles. The van der Waals surface area contributed by atoms with Gasteiger partial charge in [-0.15, -0.1) is 0 Å². The van der Waals surface area contributed by atoms with Gasteiger partial charge in [0.15, 0.2) is 0 Å². The molecule has 1 amide bonds. The average Bonchev–Trinajstić information content (AvgIpc) is 3.13. The van der Waals surface area contributed by atoms with Crippen molar-refractivity contribution in [2.24, 2.45) is 0 Å². The summed E-state index contributed by atoms with van der Waals surface area (Å²) in [5.74, 6) is -0.559. The van der Waals surface area contributed by atoms with Gasteiger partial charge in [0.05, 0.1) is 34.4 Å². The molecule has 8 nitrogen and oxygen atoms in total. The SMILES string of the molecule is CCCCCCCCCCCCCCOC(=O)CCC(NC(=O)c1ccc(OCC[N+](C)(C)C)cc1)C(=O)OCCCCCCCCCCCCCC.[Br-]. The molecule has 0 aliphatic heterocycles. The first-order chi connectivity index (χ1) is 25.7. The minimum atomic E-state index is -0.931. The van der Waals surface area contributed by atoms with Crippen molar-refractivity contribution in [1.82, 2.24) is 5.32 Å². The summed E-state index contributed by atoms with van der Waals surface area (Å²) >= 11 is 0. The number of rotatable bonds is 36. The first-order valence-corrected chi connectivity index (χ1v) is 21.8. The molecule has 0 heterocycles. The topological polar surface area (TPSA) is 90.9 Å². The highest BCUT2D eigenvalue weighted by Gasteiger charge is 2.24. The van der Waals surface area contributed by atoms with Crippen molar-refractivity contribution in [1.29, 1.82) is 0 Å². The Labute approximate surface area is 342 Å². The minimum Gasteiger partial charge on any atom is -1.00 e. The van der Waals surface area contributed by atoms with Gasteiger partial charge in [0.25, 0.3) is 5.91 Å². The first-order valence-electron chi connectivity index (χ1n) is 21.8. The van der Waals surface area contributed by atoms with Crippen LogP contribution in [-0.4, -0.2) is 75.9 Å². The molecular formula is C45H81BrN2O6. The second-order valence-corrected chi connectivity index (χ2v) is 16.1. The highest BCUT2D eigenvalue weighted by atomic mass is 79.9. The first kappa shape index (κ1) is 51.9. The van der Waals surface area contributed by atoms with Gasteiger partial charge in [0, 0.05) is 12.0 Å². The molecule has 0 fully saturated rings. The van der Waals surface area contributed by atoms with E-state index < -0.39 is 12.0 Å². The number of hydrogen-bond donors (Lipinski definition) is 1. The van der Waals surface area contributed by atoms with Crippen LogP contribution in [0.15, 0.2) is 24.3 Å². The predicted molar refractivity (Wildman–Crippen MR) is 219 cm³/mol. The number of esters is 2. The Kier molecular flexibility index (Phi) is 33.9. The number of carbonyl (C=O) groups excluding carboxylic acids is 3. The Hall–Kier alpha value is -2.13. The van der Waals surface area contributed by atoms with E-state index in [2.05, 4.69) is 40.3 Å². The molecule has 1 rings (SSSR count). The lowest BCUT2D eigenvalue weighted by Crippen LogP contribution is -3.00. The molecule has 1 unspecified atom stereocenters. The van der Waals surface area contributed by atoms with Gasteiger partial charge >= 0.3 is 11.9 Å². The molecule has 0 radical (unpaired) electrons. The van der Waals surface area contributed by atoms with Crippen LogP contribution in [0.2, 0.25) is 0 Å². The van der Waals surface area contributed by atoms with E-state index in [9.17, 15) is 14.4 Å². The van der Waals surface area contributed by atoms with Gasteiger partial charge in [-0.3, -0.25) is 9.59 Å². The number of likely N-dealkylation sites (N-methyl/N-ethyl adjacent to an activating group) is 1. The van der Waals surface area contributed by atoms with E-state index in [1.165, 1.54) is 116 Å². The fraction of sp³-hybridized carbons (Fsp3) is 0.800. The van der Waals surface area contributed by atoms with Crippen LogP contribution < -0.4 is 27.0 Å². The van der Waals surface area contributed by atoms with Crippen LogP contribution in [-0.2, 0) is 19.1 Å². The molecule has 0 saturated heterocycles. The molecule has 0 aliphatic rings. The van der Waals surface area contributed by atoms with Crippen LogP contribution in [0.25, 0.3) is 0 Å². The number of nitrogens with one attached hydrogen (secondary N) is 1. The average molecular weight is 826 g/mol. The number of halogens is 1. The van der Waals surface area contributed by atoms with Crippen molar-refractivity contribution in [3.05, 3.63) is 29.8 Å². The monoisotopic (exact) mass is 825 g/mol. The van der Waals surface area contributed by atoms with Crippen LogP contribution in [0.1, 0.15) is 191 Å². The molecule has 314 valence electrons. The summed E-state index contributed by atoms with van der Waals surface area (Å²) < 4.78 is 17.7. The molecule has 0 spiro atoms. The van der Waals surface area contributed by atoms with Crippen LogP contribution in [0.3, 0.4) is 0 Å². The third kappa shape index (κ3) is 31.1. The Morgan fingerprint density at radius 2 is 0.981 bits per heavy atom. The van der Waals surface area contributed by atoms with Crippen LogP contribution in [0, 0.1) is 0 Å².